The second-order valence-electron chi connectivity index (χ2n) is 9.14. The van der Waals surface area contributed by atoms with Gasteiger partial charge in [-0.25, -0.2) is 4.79 Å². The lowest BCUT2D eigenvalue weighted by molar-refractivity contribution is -0.00614. The lowest BCUT2D eigenvalue weighted by atomic mass is 9.48. The number of hydrogen-bond acceptors (Lipinski definition) is 3. The maximum absolute atomic E-state index is 13.0. The summed E-state index contributed by atoms with van der Waals surface area (Å²) >= 11 is 0. The highest BCUT2D eigenvalue weighted by Gasteiger charge is 2.52. The van der Waals surface area contributed by atoms with Gasteiger partial charge < -0.3 is 10.2 Å². The number of carboxylic acids is 1. The largest absolute Gasteiger partial charge is 0.508 e. The van der Waals surface area contributed by atoms with Crippen LogP contribution in [0.1, 0.15) is 70.4 Å². The quantitative estimate of drug-likeness (QED) is 0.753. The van der Waals surface area contributed by atoms with E-state index in [1.807, 2.05) is 6.07 Å². The lowest BCUT2D eigenvalue weighted by Crippen LogP contribution is -2.48. The maximum atomic E-state index is 13.0. The molecule has 0 amide bonds. The minimum atomic E-state index is -1.01. The van der Waals surface area contributed by atoms with Crippen LogP contribution in [0.25, 0.3) is 0 Å². The number of aromatic carboxylic acids is 1. The van der Waals surface area contributed by atoms with Crippen LogP contribution < -0.4 is 0 Å². The third-order valence-electron chi connectivity index (χ3n) is 7.26. The van der Waals surface area contributed by atoms with Crippen molar-refractivity contribution in [2.45, 2.75) is 43.9 Å². The molecule has 144 valence electrons. The molecule has 0 saturated heterocycles. The normalized spacial score (nSPS) is 30.4. The fourth-order valence-corrected chi connectivity index (χ4v) is 6.47. The minimum Gasteiger partial charge on any atom is -0.508 e. The van der Waals surface area contributed by atoms with Crippen molar-refractivity contribution in [2.75, 3.05) is 0 Å². The summed E-state index contributed by atoms with van der Waals surface area (Å²) < 4.78 is 0. The summed E-state index contributed by atoms with van der Waals surface area (Å²) in [6.45, 7) is 0. The predicted octanol–water partition coefficient (Wildman–Crippen LogP) is 4.79. The fourth-order valence-electron chi connectivity index (χ4n) is 6.47. The molecule has 4 nitrogen and oxygen atoms in total. The molecule has 4 fully saturated rings. The molecule has 4 aliphatic rings. The van der Waals surface area contributed by atoms with E-state index in [0.29, 0.717) is 16.9 Å². The van der Waals surface area contributed by atoms with Crippen LogP contribution in [0, 0.1) is 17.8 Å². The Hall–Kier alpha value is -2.62. The average molecular weight is 376 g/mol. The first-order valence-corrected chi connectivity index (χ1v) is 10.1. The number of aromatic hydroxyl groups is 1. The summed E-state index contributed by atoms with van der Waals surface area (Å²) in [5, 5.41) is 19.7. The number of phenols is 1. The topological polar surface area (TPSA) is 74.6 Å². The number of carbonyl (C=O) groups excluding carboxylic acids is 1. The molecule has 4 heteroatoms. The first-order chi connectivity index (χ1) is 13.4. The van der Waals surface area contributed by atoms with Gasteiger partial charge >= 0.3 is 5.97 Å². The van der Waals surface area contributed by atoms with Crippen molar-refractivity contribution >= 4 is 11.8 Å². The van der Waals surface area contributed by atoms with Crippen LogP contribution in [0.2, 0.25) is 0 Å². The molecule has 0 spiro atoms. The Balaban J connectivity index is 1.49. The van der Waals surface area contributed by atoms with Crippen LogP contribution in [0.4, 0.5) is 0 Å². The van der Waals surface area contributed by atoms with Crippen molar-refractivity contribution in [1.29, 1.82) is 0 Å². The zero-order valence-corrected chi connectivity index (χ0v) is 15.7. The Labute approximate surface area is 164 Å². The molecular formula is C24H24O4. The first-order valence-electron chi connectivity index (χ1n) is 10.1. The molecule has 0 aliphatic heterocycles. The van der Waals surface area contributed by atoms with E-state index in [9.17, 15) is 14.7 Å². The van der Waals surface area contributed by atoms with Crippen molar-refractivity contribution in [3.63, 3.8) is 0 Å². The number of benzene rings is 2. The van der Waals surface area contributed by atoms with Crippen molar-refractivity contribution in [1.82, 2.24) is 0 Å². The Morgan fingerprint density at radius 2 is 1.29 bits per heavy atom. The number of phenolic OH excluding ortho intramolecular Hbond substituents is 1. The van der Waals surface area contributed by atoms with E-state index in [1.54, 1.807) is 24.3 Å². The van der Waals surface area contributed by atoms with Gasteiger partial charge in [0.1, 0.15) is 5.75 Å². The van der Waals surface area contributed by atoms with Crippen LogP contribution in [0.5, 0.6) is 5.75 Å². The second-order valence-corrected chi connectivity index (χ2v) is 9.14. The third-order valence-corrected chi connectivity index (χ3v) is 7.26. The molecule has 2 aromatic carbocycles. The molecule has 2 aromatic rings. The summed E-state index contributed by atoms with van der Waals surface area (Å²) in [4.78, 5) is 24.0. The Morgan fingerprint density at radius 3 is 1.82 bits per heavy atom. The Kier molecular flexibility index (Phi) is 3.87. The Morgan fingerprint density at radius 1 is 0.786 bits per heavy atom. The highest BCUT2D eigenvalue weighted by molar-refractivity contribution is 6.09. The van der Waals surface area contributed by atoms with E-state index >= 15 is 0 Å². The van der Waals surface area contributed by atoms with Crippen molar-refractivity contribution in [3.05, 3.63) is 64.7 Å². The van der Waals surface area contributed by atoms with Crippen LogP contribution in [0.15, 0.2) is 42.5 Å². The van der Waals surface area contributed by atoms with Crippen LogP contribution in [-0.4, -0.2) is 22.0 Å². The molecule has 4 bridgehead atoms. The van der Waals surface area contributed by atoms with E-state index in [2.05, 4.69) is 0 Å². The van der Waals surface area contributed by atoms with E-state index in [1.165, 1.54) is 31.4 Å². The van der Waals surface area contributed by atoms with Gasteiger partial charge in [-0.15, -0.1) is 0 Å². The van der Waals surface area contributed by atoms with Gasteiger partial charge in [-0.1, -0.05) is 12.1 Å². The zero-order valence-electron chi connectivity index (χ0n) is 15.7. The lowest BCUT2D eigenvalue weighted by Gasteiger charge is -2.57. The van der Waals surface area contributed by atoms with Gasteiger partial charge in [0, 0.05) is 16.7 Å². The smallest absolute Gasteiger partial charge is 0.335 e. The van der Waals surface area contributed by atoms with Gasteiger partial charge in [-0.05, 0) is 92.0 Å². The molecule has 4 aliphatic carbocycles. The molecule has 0 aromatic heterocycles. The number of ketones is 1. The van der Waals surface area contributed by atoms with Crippen LogP contribution in [-0.2, 0) is 5.41 Å². The molecule has 0 radical (unpaired) electrons. The van der Waals surface area contributed by atoms with Crippen molar-refractivity contribution in [3.8, 4) is 5.75 Å². The first kappa shape index (κ1) is 17.5. The van der Waals surface area contributed by atoms with E-state index in [0.717, 1.165) is 42.6 Å². The predicted molar refractivity (Wildman–Crippen MR) is 105 cm³/mol. The zero-order chi connectivity index (χ0) is 19.5. The number of rotatable bonds is 4. The second kappa shape index (κ2) is 6.20. The molecule has 28 heavy (non-hydrogen) atoms. The van der Waals surface area contributed by atoms with Gasteiger partial charge in [0.2, 0.25) is 0 Å². The molecule has 0 unspecified atom stereocenters. The SMILES string of the molecule is O=C(O)c1ccc(C(=O)c2ccc(O)c(C34CC5CC(CC(C5)C3)C4)c2)cc1. The summed E-state index contributed by atoms with van der Waals surface area (Å²) in [7, 11) is 0. The van der Waals surface area contributed by atoms with Gasteiger partial charge in [0.15, 0.2) is 5.78 Å². The van der Waals surface area contributed by atoms with E-state index in [4.69, 9.17) is 5.11 Å². The van der Waals surface area contributed by atoms with Gasteiger partial charge in [0.25, 0.3) is 0 Å². The van der Waals surface area contributed by atoms with E-state index < -0.39 is 5.97 Å². The molecular weight excluding hydrogens is 352 g/mol. The van der Waals surface area contributed by atoms with Crippen molar-refractivity contribution in [2.24, 2.45) is 17.8 Å². The molecule has 6 rings (SSSR count). The summed E-state index contributed by atoms with van der Waals surface area (Å²) in [6.07, 6.45) is 7.35. The highest BCUT2D eigenvalue weighted by Crippen LogP contribution is 2.61. The van der Waals surface area contributed by atoms with Gasteiger partial charge in [0.05, 0.1) is 5.56 Å². The molecule has 0 atom stereocenters. The number of carbonyl (C=O) groups is 2. The molecule has 2 N–H and O–H groups in total. The van der Waals surface area contributed by atoms with Crippen LogP contribution >= 0.6 is 0 Å². The molecule has 4 saturated carbocycles. The fraction of sp³-hybridized carbons (Fsp3) is 0.417. The van der Waals surface area contributed by atoms with Crippen molar-refractivity contribution < 1.29 is 19.8 Å². The Bertz CT molecular complexity index is 922. The molecule has 0 heterocycles. The summed E-state index contributed by atoms with van der Waals surface area (Å²) in [5.41, 5.74) is 2.15. The standard InChI is InChI=1S/C24H24O4/c25-21-6-5-19(22(26)17-1-3-18(4-2-17)23(27)28)10-20(21)24-11-14-7-15(12-24)9-16(8-14)13-24/h1-6,10,14-16,25H,7-9,11-13H2,(H,27,28). The average Bonchev–Trinajstić information content (AvgIpc) is 2.67. The summed E-state index contributed by atoms with van der Waals surface area (Å²) in [6, 6.07) is 11.3. The third kappa shape index (κ3) is 2.74. The highest BCUT2D eigenvalue weighted by atomic mass is 16.4. The number of carboxylic acid groups (broad SMARTS) is 1. The maximum Gasteiger partial charge on any atom is 0.335 e. The monoisotopic (exact) mass is 376 g/mol. The minimum absolute atomic E-state index is 0.0162. The number of hydrogen-bond donors (Lipinski definition) is 2. The summed E-state index contributed by atoms with van der Waals surface area (Å²) in [5.74, 6) is 1.44. The van der Waals surface area contributed by atoms with E-state index in [-0.39, 0.29) is 16.8 Å². The van der Waals surface area contributed by atoms with Gasteiger partial charge in [-0.2, -0.15) is 0 Å². The van der Waals surface area contributed by atoms with Crippen LogP contribution in [0.3, 0.4) is 0 Å². The van der Waals surface area contributed by atoms with Gasteiger partial charge in [-0.3, -0.25) is 4.79 Å².